The molecule has 128 valence electrons. The zero-order chi connectivity index (χ0) is 16.8. The summed E-state index contributed by atoms with van der Waals surface area (Å²) in [6, 6.07) is 0. The Labute approximate surface area is 142 Å². The number of likely N-dealkylation sites (N-methyl/N-ethyl adjacent to an activating group) is 1. The largest absolute Gasteiger partial charge is 0.368 e. The number of hydrogen-bond donors (Lipinski definition) is 2. The second-order valence-corrected chi connectivity index (χ2v) is 5.93. The summed E-state index contributed by atoms with van der Waals surface area (Å²) in [5, 5.41) is 3.16. The number of nitrogen functional groups attached to an aromatic ring is 1. The zero-order valence-electron chi connectivity index (χ0n) is 14.0. The van der Waals surface area contributed by atoms with E-state index in [9.17, 15) is 0 Å². The number of aromatic nitrogens is 4. The van der Waals surface area contributed by atoms with Crippen LogP contribution in [0.4, 0.5) is 11.9 Å². The summed E-state index contributed by atoms with van der Waals surface area (Å²) < 4.78 is 0. The molecule has 1 fully saturated rings. The summed E-state index contributed by atoms with van der Waals surface area (Å²) in [6.07, 6.45) is 7.17. The molecule has 0 amide bonds. The van der Waals surface area contributed by atoms with Crippen molar-refractivity contribution in [1.82, 2.24) is 29.7 Å². The average Bonchev–Trinajstić information content (AvgIpc) is 2.63. The van der Waals surface area contributed by atoms with Crippen molar-refractivity contribution < 1.29 is 0 Å². The summed E-state index contributed by atoms with van der Waals surface area (Å²) in [6.45, 7) is 9.31. The van der Waals surface area contributed by atoms with Crippen molar-refractivity contribution in [1.29, 1.82) is 0 Å². The molecule has 0 radical (unpaired) electrons. The minimum atomic E-state index is 0.277. The molecule has 1 aliphatic rings. The van der Waals surface area contributed by atoms with Crippen molar-refractivity contribution in [3.8, 4) is 0 Å². The first-order valence-electron chi connectivity index (χ1n) is 8.29. The lowest BCUT2D eigenvalue weighted by Crippen LogP contribution is -2.45. The third-order valence-electron chi connectivity index (χ3n) is 4.20. The number of rotatable bonds is 6. The third kappa shape index (κ3) is 4.59. The number of nitrogens with one attached hydrogen (secondary N) is 1. The predicted molar refractivity (Wildman–Crippen MR) is 93.2 cm³/mol. The molecule has 0 atom stereocenters. The SMILES string of the molecule is CCN1CCN(Cc2cnc(NCc3cnc(N)nc3)nc2)CC1. The van der Waals surface area contributed by atoms with Gasteiger partial charge >= 0.3 is 0 Å². The van der Waals surface area contributed by atoms with Gasteiger partial charge in [-0.25, -0.2) is 19.9 Å². The van der Waals surface area contributed by atoms with Gasteiger partial charge in [-0.2, -0.15) is 0 Å². The number of anilines is 2. The van der Waals surface area contributed by atoms with Crippen LogP contribution in [0.15, 0.2) is 24.8 Å². The molecule has 0 aromatic carbocycles. The van der Waals surface area contributed by atoms with Crippen molar-refractivity contribution in [2.24, 2.45) is 0 Å². The second kappa shape index (κ2) is 7.98. The molecule has 0 spiro atoms. The summed E-state index contributed by atoms with van der Waals surface area (Å²) in [4.78, 5) is 21.6. The van der Waals surface area contributed by atoms with Gasteiger partial charge in [-0.1, -0.05) is 6.92 Å². The highest BCUT2D eigenvalue weighted by atomic mass is 15.3. The maximum absolute atomic E-state index is 5.47. The van der Waals surface area contributed by atoms with E-state index in [2.05, 4.69) is 42.0 Å². The van der Waals surface area contributed by atoms with E-state index in [0.29, 0.717) is 12.5 Å². The summed E-state index contributed by atoms with van der Waals surface area (Å²) >= 11 is 0. The lowest BCUT2D eigenvalue weighted by atomic mass is 10.2. The smallest absolute Gasteiger partial charge is 0.222 e. The molecule has 24 heavy (non-hydrogen) atoms. The van der Waals surface area contributed by atoms with E-state index in [1.54, 1.807) is 12.4 Å². The summed E-state index contributed by atoms with van der Waals surface area (Å²) in [7, 11) is 0. The van der Waals surface area contributed by atoms with Crippen LogP contribution in [0.25, 0.3) is 0 Å². The lowest BCUT2D eigenvalue weighted by Gasteiger charge is -2.33. The molecule has 0 bridgehead atoms. The molecule has 3 heterocycles. The zero-order valence-corrected chi connectivity index (χ0v) is 14.0. The molecule has 0 aliphatic carbocycles. The van der Waals surface area contributed by atoms with E-state index < -0.39 is 0 Å². The van der Waals surface area contributed by atoms with Gasteiger partial charge in [0.25, 0.3) is 0 Å². The van der Waals surface area contributed by atoms with E-state index in [1.807, 2.05) is 12.4 Å². The maximum Gasteiger partial charge on any atom is 0.222 e. The fourth-order valence-corrected chi connectivity index (χ4v) is 2.69. The Kier molecular flexibility index (Phi) is 5.50. The van der Waals surface area contributed by atoms with Gasteiger partial charge in [0.1, 0.15) is 0 Å². The number of hydrogen-bond acceptors (Lipinski definition) is 8. The van der Waals surface area contributed by atoms with Crippen LogP contribution in [0.1, 0.15) is 18.1 Å². The van der Waals surface area contributed by atoms with E-state index in [0.717, 1.165) is 50.4 Å². The highest BCUT2D eigenvalue weighted by Gasteiger charge is 2.15. The second-order valence-electron chi connectivity index (χ2n) is 5.93. The molecule has 3 rings (SSSR count). The van der Waals surface area contributed by atoms with Crippen LogP contribution in [0.2, 0.25) is 0 Å². The van der Waals surface area contributed by atoms with Crippen LogP contribution in [-0.4, -0.2) is 62.5 Å². The van der Waals surface area contributed by atoms with Gasteiger partial charge in [-0.15, -0.1) is 0 Å². The van der Waals surface area contributed by atoms with E-state index >= 15 is 0 Å². The van der Waals surface area contributed by atoms with Crippen LogP contribution in [0.3, 0.4) is 0 Å². The molecule has 2 aromatic heterocycles. The van der Waals surface area contributed by atoms with E-state index in [4.69, 9.17) is 5.73 Å². The van der Waals surface area contributed by atoms with Gasteiger partial charge < -0.3 is 16.0 Å². The Morgan fingerprint density at radius 2 is 1.50 bits per heavy atom. The first kappa shape index (κ1) is 16.5. The highest BCUT2D eigenvalue weighted by Crippen LogP contribution is 2.09. The normalized spacial score (nSPS) is 16.2. The van der Waals surface area contributed by atoms with Crippen LogP contribution < -0.4 is 11.1 Å². The Hall–Kier alpha value is -2.32. The first-order chi connectivity index (χ1) is 11.7. The Morgan fingerprint density at radius 1 is 0.917 bits per heavy atom. The number of nitrogens with zero attached hydrogens (tertiary/aromatic N) is 6. The van der Waals surface area contributed by atoms with Gasteiger partial charge in [0.2, 0.25) is 11.9 Å². The van der Waals surface area contributed by atoms with Crippen molar-refractivity contribution >= 4 is 11.9 Å². The minimum Gasteiger partial charge on any atom is -0.368 e. The van der Waals surface area contributed by atoms with Crippen molar-refractivity contribution in [3.05, 3.63) is 35.9 Å². The molecule has 1 saturated heterocycles. The fourth-order valence-electron chi connectivity index (χ4n) is 2.69. The number of nitrogens with two attached hydrogens (primary N) is 1. The van der Waals surface area contributed by atoms with Crippen molar-refractivity contribution in [2.45, 2.75) is 20.0 Å². The Bertz CT molecular complexity index is 620. The van der Waals surface area contributed by atoms with E-state index in [-0.39, 0.29) is 5.95 Å². The molecule has 0 saturated carbocycles. The quantitative estimate of drug-likeness (QED) is 0.796. The lowest BCUT2D eigenvalue weighted by molar-refractivity contribution is 0.132. The molecular weight excluding hydrogens is 304 g/mol. The maximum atomic E-state index is 5.47. The summed E-state index contributed by atoms with van der Waals surface area (Å²) in [5.74, 6) is 0.880. The van der Waals surface area contributed by atoms with E-state index in [1.165, 1.54) is 0 Å². The predicted octanol–water partition coefficient (Wildman–Crippen LogP) is 0.598. The van der Waals surface area contributed by atoms with Gasteiger partial charge in [0, 0.05) is 75.2 Å². The van der Waals surface area contributed by atoms with Gasteiger partial charge in [-0.3, -0.25) is 4.90 Å². The van der Waals surface area contributed by atoms with Crippen LogP contribution in [-0.2, 0) is 13.1 Å². The van der Waals surface area contributed by atoms with Gasteiger partial charge in [0.05, 0.1) is 0 Å². The topological polar surface area (TPSA) is 96.1 Å². The molecule has 8 heteroatoms. The molecule has 0 unspecified atom stereocenters. The Balaban J connectivity index is 1.47. The summed E-state index contributed by atoms with van der Waals surface area (Å²) in [5.41, 5.74) is 7.54. The fraction of sp³-hybridized carbons (Fsp3) is 0.500. The van der Waals surface area contributed by atoms with Gasteiger partial charge in [0.15, 0.2) is 0 Å². The molecule has 2 aromatic rings. The highest BCUT2D eigenvalue weighted by molar-refractivity contribution is 5.27. The van der Waals surface area contributed by atoms with Gasteiger partial charge in [-0.05, 0) is 6.54 Å². The standard InChI is InChI=1S/C16H24N8/c1-2-23-3-5-24(6-4-23)12-14-10-21-16(22-11-14)20-9-13-7-18-15(17)19-8-13/h7-8,10-11H,2-6,9,12H2,1H3,(H2,17,18,19)(H,20,21,22). The average molecular weight is 328 g/mol. The van der Waals surface area contributed by atoms with Crippen LogP contribution >= 0.6 is 0 Å². The van der Waals surface area contributed by atoms with Crippen molar-refractivity contribution in [3.63, 3.8) is 0 Å². The minimum absolute atomic E-state index is 0.277. The molecule has 8 nitrogen and oxygen atoms in total. The molecular formula is C16H24N8. The monoisotopic (exact) mass is 328 g/mol. The van der Waals surface area contributed by atoms with Crippen LogP contribution in [0.5, 0.6) is 0 Å². The molecule has 3 N–H and O–H groups in total. The molecule has 1 aliphatic heterocycles. The number of piperazine rings is 1. The van der Waals surface area contributed by atoms with Crippen LogP contribution in [0, 0.1) is 0 Å². The van der Waals surface area contributed by atoms with Crippen molar-refractivity contribution in [2.75, 3.05) is 43.8 Å². The Morgan fingerprint density at radius 3 is 2.12 bits per heavy atom. The first-order valence-corrected chi connectivity index (χ1v) is 8.29. The third-order valence-corrected chi connectivity index (χ3v) is 4.20.